The summed E-state index contributed by atoms with van der Waals surface area (Å²) in [4.78, 5) is 12.0. The van der Waals surface area contributed by atoms with Crippen molar-refractivity contribution in [1.29, 1.82) is 0 Å². The number of rotatable bonds is 18. The molecule has 27 heavy (non-hydrogen) atoms. The second kappa shape index (κ2) is 16.4. The standard InChI is InChI=1S/C24H47NO2/c1-3-5-6-7-8-9-10-11-12-13-14-15-16-17-18-19-23(26)27-24(4-2)20-21-25-22-24/h25H,3-22H2,1-2H3. The molecule has 1 atom stereocenters. The second-order valence-corrected chi connectivity index (χ2v) is 8.64. The number of ether oxygens (including phenoxy) is 1. The molecule has 0 aromatic heterocycles. The lowest BCUT2D eigenvalue weighted by atomic mass is 9.99. The number of nitrogens with one attached hydrogen (secondary N) is 1. The molecule has 1 unspecified atom stereocenters. The minimum atomic E-state index is -0.216. The van der Waals surface area contributed by atoms with Crippen molar-refractivity contribution in [3.8, 4) is 0 Å². The first-order valence-corrected chi connectivity index (χ1v) is 12.1. The van der Waals surface area contributed by atoms with Crippen LogP contribution in [0.1, 0.15) is 129 Å². The molecule has 1 saturated heterocycles. The Morgan fingerprint density at radius 1 is 0.778 bits per heavy atom. The van der Waals surface area contributed by atoms with Crippen LogP contribution in [0.5, 0.6) is 0 Å². The fourth-order valence-electron chi connectivity index (χ4n) is 4.12. The Labute approximate surface area is 169 Å². The molecule has 0 aromatic rings. The van der Waals surface area contributed by atoms with Crippen molar-refractivity contribution in [3.05, 3.63) is 0 Å². The minimum absolute atomic E-state index is 0.00949. The Kier molecular flexibility index (Phi) is 14.9. The van der Waals surface area contributed by atoms with E-state index in [-0.39, 0.29) is 11.6 Å². The van der Waals surface area contributed by atoms with Gasteiger partial charge < -0.3 is 10.1 Å². The highest BCUT2D eigenvalue weighted by molar-refractivity contribution is 5.69. The summed E-state index contributed by atoms with van der Waals surface area (Å²) >= 11 is 0. The molecule has 1 aliphatic heterocycles. The van der Waals surface area contributed by atoms with Gasteiger partial charge in [-0.25, -0.2) is 0 Å². The summed E-state index contributed by atoms with van der Waals surface area (Å²) in [6, 6.07) is 0. The first kappa shape index (κ1) is 24.5. The predicted molar refractivity (Wildman–Crippen MR) is 116 cm³/mol. The van der Waals surface area contributed by atoms with Crippen LogP contribution in [0, 0.1) is 0 Å². The van der Waals surface area contributed by atoms with Crippen molar-refractivity contribution in [3.63, 3.8) is 0 Å². The van der Waals surface area contributed by atoms with Gasteiger partial charge in [-0.1, -0.05) is 104 Å². The fraction of sp³-hybridized carbons (Fsp3) is 0.958. The number of esters is 1. The Bertz CT molecular complexity index is 350. The van der Waals surface area contributed by atoms with E-state index < -0.39 is 0 Å². The maximum absolute atomic E-state index is 12.0. The van der Waals surface area contributed by atoms with Gasteiger partial charge in [0.2, 0.25) is 0 Å². The molecule has 1 N–H and O–H groups in total. The summed E-state index contributed by atoms with van der Waals surface area (Å²) < 4.78 is 5.77. The van der Waals surface area contributed by atoms with Crippen LogP contribution < -0.4 is 5.32 Å². The molecule has 0 amide bonds. The van der Waals surface area contributed by atoms with Crippen LogP contribution in [0.25, 0.3) is 0 Å². The summed E-state index contributed by atoms with van der Waals surface area (Å²) in [6.45, 7) is 6.20. The van der Waals surface area contributed by atoms with Crippen molar-refractivity contribution in [2.24, 2.45) is 0 Å². The normalized spacial score (nSPS) is 19.5. The summed E-state index contributed by atoms with van der Waals surface area (Å²) in [5.74, 6) is 0.00949. The first-order chi connectivity index (χ1) is 13.2. The van der Waals surface area contributed by atoms with Crippen molar-refractivity contribution < 1.29 is 9.53 Å². The Balaban J connectivity index is 1.80. The van der Waals surface area contributed by atoms with Crippen LogP contribution in [0.2, 0.25) is 0 Å². The predicted octanol–water partition coefficient (Wildman–Crippen LogP) is 6.93. The SMILES string of the molecule is CCCCCCCCCCCCCCCCCC(=O)OC1(CC)CCNC1. The Hall–Kier alpha value is -0.570. The zero-order valence-corrected chi connectivity index (χ0v) is 18.5. The molecule has 1 heterocycles. The molecule has 0 radical (unpaired) electrons. The quantitative estimate of drug-likeness (QED) is 0.206. The number of carbonyl (C=O) groups excluding carboxylic acids is 1. The van der Waals surface area contributed by atoms with E-state index in [0.29, 0.717) is 6.42 Å². The van der Waals surface area contributed by atoms with Crippen molar-refractivity contribution in [2.45, 2.75) is 135 Å². The topological polar surface area (TPSA) is 38.3 Å². The molecule has 0 spiro atoms. The lowest BCUT2D eigenvalue weighted by molar-refractivity contribution is -0.158. The van der Waals surface area contributed by atoms with Crippen LogP contribution >= 0.6 is 0 Å². The molecule has 3 nitrogen and oxygen atoms in total. The maximum Gasteiger partial charge on any atom is 0.306 e. The largest absolute Gasteiger partial charge is 0.458 e. The van der Waals surface area contributed by atoms with E-state index in [1.807, 2.05) is 0 Å². The summed E-state index contributed by atoms with van der Waals surface area (Å²) in [6.07, 6.45) is 22.8. The van der Waals surface area contributed by atoms with Gasteiger partial charge in [-0.15, -0.1) is 0 Å². The molecule has 0 bridgehead atoms. The van der Waals surface area contributed by atoms with Crippen LogP contribution in [0.3, 0.4) is 0 Å². The van der Waals surface area contributed by atoms with Crippen LogP contribution in [0.15, 0.2) is 0 Å². The molecular weight excluding hydrogens is 334 g/mol. The molecule has 160 valence electrons. The number of hydrogen-bond acceptors (Lipinski definition) is 3. The molecule has 1 rings (SSSR count). The summed E-state index contributed by atoms with van der Waals surface area (Å²) in [7, 11) is 0. The number of unbranched alkanes of at least 4 members (excludes halogenated alkanes) is 14. The molecule has 0 aliphatic carbocycles. The zero-order chi connectivity index (χ0) is 19.6. The molecular formula is C24H47NO2. The Morgan fingerprint density at radius 3 is 1.67 bits per heavy atom. The maximum atomic E-state index is 12.0. The van der Waals surface area contributed by atoms with Gasteiger partial charge in [-0.2, -0.15) is 0 Å². The van der Waals surface area contributed by atoms with E-state index in [9.17, 15) is 4.79 Å². The van der Waals surface area contributed by atoms with Gasteiger partial charge in [-0.05, 0) is 19.4 Å². The monoisotopic (exact) mass is 381 g/mol. The third-order valence-corrected chi connectivity index (χ3v) is 6.16. The molecule has 3 heteroatoms. The Morgan fingerprint density at radius 2 is 1.26 bits per heavy atom. The third kappa shape index (κ3) is 12.5. The van der Waals surface area contributed by atoms with E-state index in [1.54, 1.807) is 0 Å². The van der Waals surface area contributed by atoms with E-state index in [2.05, 4.69) is 19.2 Å². The van der Waals surface area contributed by atoms with Crippen LogP contribution in [0.4, 0.5) is 0 Å². The summed E-state index contributed by atoms with van der Waals surface area (Å²) in [5.41, 5.74) is -0.216. The fourth-order valence-corrected chi connectivity index (χ4v) is 4.12. The van der Waals surface area contributed by atoms with Gasteiger partial charge in [-0.3, -0.25) is 4.79 Å². The molecule has 0 saturated carbocycles. The average Bonchev–Trinajstić information content (AvgIpc) is 3.13. The van der Waals surface area contributed by atoms with Gasteiger partial charge in [0.15, 0.2) is 0 Å². The lowest BCUT2D eigenvalue weighted by Gasteiger charge is -2.26. The van der Waals surface area contributed by atoms with E-state index in [4.69, 9.17) is 4.74 Å². The van der Waals surface area contributed by atoms with Crippen LogP contribution in [-0.2, 0) is 9.53 Å². The van der Waals surface area contributed by atoms with Gasteiger partial charge in [0, 0.05) is 19.4 Å². The van der Waals surface area contributed by atoms with E-state index in [1.165, 1.54) is 89.9 Å². The lowest BCUT2D eigenvalue weighted by Crippen LogP contribution is -2.36. The number of carbonyl (C=O) groups is 1. The zero-order valence-electron chi connectivity index (χ0n) is 18.5. The minimum Gasteiger partial charge on any atom is -0.458 e. The average molecular weight is 382 g/mol. The van der Waals surface area contributed by atoms with Gasteiger partial charge >= 0.3 is 5.97 Å². The molecule has 1 fully saturated rings. The van der Waals surface area contributed by atoms with Crippen molar-refractivity contribution in [1.82, 2.24) is 5.32 Å². The van der Waals surface area contributed by atoms with Crippen molar-refractivity contribution in [2.75, 3.05) is 13.1 Å². The van der Waals surface area contributed by atoms with Gasteiger partial charge in [0.1, 0.15) is 5.60 Å². The third-order valence-electron chi connectivity index (χ3n) is 6.16. The van der Waals surface area contributed by atoms with Crippen molar-refractivity contribution >= 4 is 5.97 Å². The van der Waals surface area contributed by atoms with Gasteiger partial charge in [0.25, 0.3) is 0 Å². The van der Waals surface area contributed by atoms with E-state index in [0.717, 1.165) is 32.4 Å². The highest BCUT2D eigenvalue weighted by atomic mass is 16.6. The first-order valence-electron chi connectivity index (χ1n) is 12.1. The van der Waals surface area contributed by atoms with Gasteiger partial charge in [0.05, 0.1) is 0 Å². The highest BCUT2D eigenvalue weighted by Crippen LogP contribution is 2.24. The van der Waals surface area contributed by atoms with E-state index >= 15 is 0 Å². The smallest absolute Gasteiger partial charge is 0.306 e. The summed E-state index contributed by atoms with van der Waals surface area (Å²) in [5, 5.41) is 3.31. The second-order valence-electron chi connectivity index (χ2n) is 8.64. The van der Waals surface area contributed by atoms with Crippen LogP contribution in [-0.4, -0.2) is 24.7 Å². The molecule has 1 aliphatic rings. The number of hydrogen-bond donors (Lipinski definition) is 1. The highest BCUT2D eigenvalue weighted by Gasteiger charge is 2.35. The molecule has 0 aromatic carbocycles.